The lowest BCUT2D eigenvalue weighted by molar-refractivity contribution is -0.116. The molecule has 0 aliphatic carbocycles. The number of benzene rings is 2. The van der Waals surface area contributed by atoms with Gasteiger partial charge in [-0.05, 0) is 56.0 Å². The van der Waals surface area contributed by atoms with Gasteiger partial charge in [-0.25, -0.2) is 4.79 Å². The second-order valence-electron chi connectivity index (χ2n) is 6.92. The number of hydrogen-bond acceptors (Lipinski definition) is 3. The van der Waals surface area contributed by atoms with Crippen molar-refractivity contribution < 1.29 is 14.3 Å². The average molecular weight is 383 g/mol. The fraction of sp³-hybridized carbons (Fsp3) is 0.364. The highest BCUT2D eigenvalue weighted by molar-refractivity contribution is 5.95. The molecule has 0 atom stereocenters. The summed E-state index contributed by atoms with van der Waals surface area (Å²) < 4.78 is 5.65. The van der Waals surface area contributed by atoms with Crippen LogP contribution >= 0.6 is 0 Å². The van der Waals surface area contributed by atoms with Crippen molar-refractivity contribution in [1.29, 1.82) is 0 Å². The van der Waals surface area contributed by atoms with Gasteiger partial charge in [0.15, 0.2) is 0 Å². The Morgan fingerprint density at radius 1 is 1.04 bits per heavy atom. The summed E-state index contributed by atoms with van der Waals surface area (Å²) in [7, 11) is 1.60. The molecule has 0 radical (unpaired) electrons. The molecule has 2 rings (SSSR count). The number of likely N-dealkylation sites (N-methyl/N-ethyl adjacent to an activating group) is 1. The third kappa shape index (κ3) is 6.61. The summed E-state index contributed by atoms with van der Waals surface area (Å²) in [6.45, 7) is 6.88. The Morgan fingerprint density at radius 3 is 2.39 bits per heavy atom. The Kier molecular flexibility index (Phi) is 7.87. The van der Waals surface area contributed by atoms with Crippen LogP contribution in [0.2, 0.25) is 0 Å². The van der Waals surface area contributed by atoms with Crippen molar-refractivity contribution in [2.45, 2.75) is 27.2 Å². The molecule has 0 heterocycles. The predicted molar refractivity (Wildman–Crippen MR) is 112 cm³/mol. The molecular formula is C22H29N3O3. The molecule has 0 bridgehead atoms. The van der Waals surface area contributed by atoms with Crippen LogP contribution in [0, 0.1) is 20.8 Å². The van der Waals surface area contributed by atoms with Crippen LogP contribution in [0.15, 0.2) is 42.5 Å². The maximum Gasteiger partial charge on any atom is 0.317 e. The summed E-state index contributed by atoms with van der Waals surface area (Å²) >= 11 is 0. The Bertz CT molecular complexity index is 800. The van der Waals surface area contributed by atoms with Crippen molar-refractivity contribution in [3.8, 4) is 5.75 Å². The largest absolute Gasteiger partial charge is 0.494 e. The Balaban J connectivity index is 1.68. The number of nitrogens with one attached hydrogen (secondary N) is 2. The van der Waals surface area contributed by atoms with Gasteiger partial charge < -0.3 is 20.3 Å². The van der Waals surface area contributed by atoms with Gasteiger partial charge in [-0.3, -0.25) is 4.79 Å². The van der Waals surface area contributed by atoms with E-state index in [9.17, 15) is 9.59 Å². The summed E-state index contributed by atoms with van der Waals surface area (Å²) in [6.07, 6.45) is 0.683. The molecule has 2 N–H and O–H groups in total. The Hall–Kier alpha value is -3.02. The van der Waals surface area contributed by atoms with Crippen LogP contribution in [0.3, 0.4) is 0 Å². The van der Waals surface area contributed by atoms with Crippen molar-refractivity contribution >= 4 is 17.6 Å². The van der Waals surface area contributed by atoms with Crippen LogP contribution in [0.4, 0.5) is 10.5 Å². The van der Waals surface area contributed by atoms with E-state index in [0.717, 1.165) is 28.1 Å². The minimum atomic E-state index is -0.285. The number of rotatable bonds is 8. The van der Waals surface area contributed by atoms with E-state index in [0.29, 0.717) is 19.6 Å². The van der Waals surface area contributed by atoms with E-state index in [1.165, 1.54) is 4.90 Å². The van der Waals surface area contributed by atoms with Crippen molar-refractivity contribution in [2.75, 3.05) is 32.1 Å². The molecule has 0 fully saturated rings. The molecule has 0 spiro atoms. The van der Waals surface area contributed by atoms with Gasteiger partial charge in [0.05, 0.1) is 6.61 Å². The Labute approximate surface area is 166 Å². The maximum atomic E-state index is 12.2. The zero-order valence-electron chi connectivity index (χ0n) is 17.0. The lowest BCUT2D eigenvalue weighted by Crippen LogP contribution is -2.42. The van der Waals surface area contributed by atoms with Gasteiger partial charge in [-0.15, -0.1) is 0 Å². The predicted octanol–water partition coefficient (Wildman–Crippen LogP) is 3.66. The van der Waals surface area contributed by atoms with Gasteiger partial charge in [0.1, 0.15) is 12.3 Å². The number of aryl methyl sites for hydroxylation is 3. The van der Waals surface area contributed by atoms with Crippen LogP contribution in [-0.2, 0) is 4.79 Å². The zero-order chi connectivity index (χ0) is 20.5. The van der Waals surface area contributed by atoms with E-state index in [1.807, 2.05) is 63.2 Å². The monoisotopic (exact) mass is 383 g/mol. The average Bonchev–Trinajstić information content (AvgIpc) is 2.64. The molecule has 3 amide bonds. The van der Waals surface area contributed by atoms with Gasteiger partial charge in [-0.1, -0.05) is 30.3 Å². The number of ether oxygens (including phenoxy) is 1. The van der Waals surface area contributed by atoms with Crippen LogP contribution in [0.25, 0.3) is 0 Å². The summed E-state index contributed by atoms with van der Waals surface area (Å²) in [6, 6.07) is 13.4. The number of carbonyl (C=O) groups excluding carboxylic acids is 2. The van der Waals surface area contributed by atoms with Crippen molar-refractivity contribution in [2.24, 2.45) is 0 Å². The van der Waals surface area contributed by atoms with E-state index < -0.39 is 0 Å². The number of urea groups is 1. The van der Waals surface area contributed by atoms with Crippen LogP contribution < -0.4 is 15.4 Å². The standard InChI is InChI=1S/C22H29N3O3/c1-16-8-5-11-19(14-16)28-13-7-12-23-22(27)25(4)15-20(26)24-21-17(2)9-6-10-18(21)3/h5-6,8-11,14H,7,12-13,15H2,1-4H3,(H,23,27)(H,24,26). The molecule has 150 valence electrons. The molecule has 6 nitrogen and oxygen atoms in total. The first kappa shape index (κ1) is 21.3. The number of amides is 3. The topological polar surface area (TPSA) is 70.7 Å². The van der Waals surface area contributed by atoms with Gasteiger partial charge in [-0.2, -0.15) is 0 Å². The SMILES string of the molecule is Cc1cccc(OCCCNC(=O)N(C)CC(=O)Nc2c(C)cccc2C)c1. The molecule has 0 aromatic heterocycles. The molecule has 2 aromatic carbocycles. The highest BCUT2D eigenvalue weighted by Crippen LogP contribution is 2.19. The first-order valence-corrected chi connectivity index (χ1v) is 9.41. The van der Waals surface area contributed by atoms with E-state index in [4.69, 9.17) is 4.74 Å². The second kappa shape index (κ2) is 10.3. The van der Waals surface area contributed by atoms with E-state index in [-0.39, 0.29) is 18.5 Å². The molecule has 28 heavy (non-hydrogen) atoms. The highest BCUT2D eigenvalue weighted by Gasteiger charge is 2.14. The molecule has 2 aromatic rings. The fourth-order valence-electron chi connectivity index (χ4n) is 2.78. The first-order valence-electron chi connectivity index (χ1n) is 9.41. The van der Waals surface area contributed by atoms with Crippen molar-refractivity contribution in [3.05, 3.63) is 59.2 Å². The summed E-state index contributed by atoms with van der Waals surface area (Å²) in [5.41, 5.74) is 3.93. The number of nitrogens with zero attached hydrogens (tertiary/aromatic N) is 1. The Morgan fingerprint density at radius 2 is 1.71 bits per heavy atom. The third-order valence-corrected chi connectivity index (χ3v) is 4.33. The summed E-state index contributed by atoms with van der Waals surface area (Å²) in [5.74, 6) is 0.601. The molecule has 0 aliphatic heterocycles. The zero-order valence-corrected chi connectivity index (χ0v) is 17.0. The quantitative estimate of drug-likeness (QED) is 0.684. The fourth-order valence-corrected chi connectivity index (χ4v) is 2.78. The van der Waals surface area contributed by atoms with E-state index >= 15 is 0 Å². The molecule has 0 saturated carbocycles. The third-order valence-electron chi connectivity index (χ3n) is 4.33. The normalized spacial score (nSPS) is 10.3. The molecule has 0 unspecified atom stereocenters. The molecule has 0 aliphatic rings. The summed E-state index contributed by atoms with van der Waals surface area (Å²) in [5, 5.41) is 5.68. The van der Waals surface area contributed by atoms with Gasteiger partial charge in [0, 0.05) is 19.3 Å². The molecule has 6 heteroatoms. The minimum Gasteiger partial charge on any atom is -0.494 e. The first-order chi connectivity index (χ1) is 13.4. The van der Waals surface area contributed by atoms with E-state index in [2.05, 4.69) is 10.6 Å². The van der Waals surface area contributed by atoms with Gasteiger partial charge >= 0.3 is 6.03 Å². The number of para-hydroxylation sites is 1. The number of carbonyl (C=O) groups is 2. The van der Waals surface area contributed by atoms with Crippen LogP contribution in [-0.4, -0.2) is 43.6 Å². The highest BCUT2D eigenvalue weighted by atomic mass is 16.5. The van der Waals surface area contributed by atoms with Crippen LogP contribution in [0.1, 0.15) is 23.1 Å². The number of hydrogen-bond donors (Lipinski definition) is 2. The molecular weight excluding hydrogens is 354 g/mol. The van der Waals surface area contributed by atoms with Gasteiger partial charge in [0.2, 0.25) is 5.91 Å². The number of anilines is 1. The van der Waals surface area contributed by atoms with Crippen LogP contribution in [0.5, 0.6) is 5.75 Å². The summed E-state index contributed by atoms with van der Waals surface area (Å²) in [4.78, 5) is 25.7. The van der Waals surface area contributed by atoms with E-state index in [1.54, 1.807) is 7.05 Å². The van der Waals surface area contributed by atoms with Crippen molar-refractivity contribution in [1.82, 2.24) is 10.2 Å². The molecule has 0 saturated heterocycles. The lowest BCUT2D eigenvalue weighted by Gasteiger charge is -2.18. The maximum absolute atomic E-state index is 12.2. The second-order valence-corrected chi connectivity index (χ2v) is 6.92. The minimum absolute atomic E-state index is 0.0145. The van der Waals surface area contributed by atoms with Gasteiger partial charge in [0.25, 0.3) is 0 Å². The smallest absolute Gasteiger partial charge is 0.317 e. The van der Waals surface area contributed by atoms with Crippen molar-refractivity contribution in [3.63, 3.8) is 0 Å². The lowest BCUT2D eigenvalue weighted by atomic mass is 10.1.